The van der Waals surface area contributed by atoms with Crippen LogP contribution in [0.2, 0.25) is 0 Å². The molecule has 20 heavy (non-hydrogen) atoms. The van der Waals surface area contributed by atoms with Crippen LogP contribution in [0.5, 0.6) is 11.5 Å². The Morgan fingerprint density at radius 3 is 2.75 bits per heavy atom. The van der Waals surface area contributed by atoms with Gasteiger partial charge in [0.15, 0.2) is 11.5 Å². The van der Waals surface area contributed by atoms with E-state index in [9.17, 15) is 9.90 Å². The van der Waals surface area contributed by atoms with Crippen molar-refractivity contribution in [2.45, 2.75) is 43.9 Å². The van der Waals surface area contributed by atoms with Crippen molar-refractivity contribution in [1.82, 2.24) is 5.32 Å². The lowest BCUT2D eigenvalue weighted by molar-refractivity contribution is -0.132. The summed E-state index contributed by atoms with van der Waals surface area (Å²) in [5.74, 6) is 1.03. The fourth-order valence-electron chi connectivity index (χ4n) is 2.70. The Bertz CT molecular complexity index is 491. The summed E-state index contributed by atoms with van der Waals surface area (Å²) in [7, 11) is 0. The highest BCUT2D eigenvalue weighted by atomic mass is 16.6. The third-order valence-corrected chi connectivity index (χ3v) is 3.86. The Labute approximate surface area is 117 Å². The first-order chi connectivity index (χ1) is 9.74. The van der Waals surface area contributed by atoms with Gasteiger partial charge in [-0.15, -0.1) is 0 Å². The molecule has 108 valence electrons. The molecule has 2 aliphatic rings. The normalized spacial score (nSPS) is 28.8. The molecular weight excluding hydrogens is 258 g/mol. The van der Waals surface area contributed by atoms with Crippen molar-refractivity contribution < 1.29 is 19.4 Å². The third kappa shape index (κ3) is 2.72. The number of aliphatic hydroxyl groups is 1. The smallest absolute Gasteiger partial charge is 0.265 e. The molecule has 0 bridgehead atoms. The second-order valence-corrected chi connectivity index (χ2v) is 5.33. The van der Waals surface area contributed by atoms with Gasteiger partial charge in [-0.2, -0.15) is 0 Å². The van der Waals surface area contributed by atoms with E-state index >= 15 is 0 Å². The van der Waals surface area contributed by atoms with Crippen LogP contribution in [0.4, 0.5) is 0 Å². The lowest BCUT2D eigenvalue weighted by Crippen LogP contribution is -2.52. The van der Waals surface area contributed by atoms with Crippen LogP contribution < -0.4 is 14.8 Å². The fourth-order valence-corrected chi connectivity index (χ4v) is 2.70. The first kappa shape index (κ1) is 13.2. The predicted molar refractivity (Wildman–Crippen MR) is 72.8 cm³/mol. The Morgan fingerprint density at radius 1 is 1.20 bits per heavy atom. The van der Waals surface area contributed by atoms with E-state index in [1.54, 1.807) is 6.07 Å². The monoisotopic (exact) mass is 277 g/mol. The van der Waals surface area contributed by atoms with Crippen LogP contribution in [-0.4, -0.2) is 35.9 Å². The van der Waals surface area contributed by atoms with Crippen LogP contribution in [0.15, 0.2) is 24.3 Å². The number of rotatable bonds is 2. The maximum Gasteiger partial charge on any atom is 0.265 e. The summed E-state index contributed by atoms with van der Waals surface area (Å²) in [5.41, 5.74) is 0. The van der Waals surface area contributed by atoms with Gasteiger partial charge in [0.05, 0.1) is 12.1 Å². The summed E-state index contributed by atoms with van der Waals surface area (Å²) >= 11 is 0. The molecule has 1 aliphatic carbocycles. The van der Waals surface area contributed by atoms with Crippen molar-refractivity contribution in [2.24, 2.45) is 0 Å². The minimum atomic E-state index is -0.654. The Morgan fingerprint density at radius 2 is 1.95 bits per heavy atom. The number of hydrogen-bond acceptors (Lipinski definition) is 4. The molecule has 3 rings (SSSR count). The molecule has 1 saturated carbocycles. The minimum absolute atomic E-state index is 0.169. The molecule has 0 spiro atoms. The topological polar surface area (TPSA) is 67.8 Å². The molecule has 3 atom stereocenters. The van der Waals surface area contributed by atoms with Crippen LogP contribution in [0.3, 0.4) is 0 Å². The predicted octanol–water partition coefficient (Wildman–Crippen LogP) is 1.25. The number of fused-ring (bicyclic) bond motifs is 1. The quantitative estimate of drug-likeness (QED) is 0.853. The molecule has 1 aromatic carbocycles. The van der Waals surface area contributed by atoms with Gasteiger partial charge in [0.1, 0.15) is 6.61 Å². The van der Waals surface area contributed by atoms with Crippen LogP contribution in [0.25, 0.3) is 0 Å². The first-order valence-corrected chi connectivity index (χ1v) is 7.11. The van der Waals surface area contributed by atoms with Gasteiger partial charge in [-0.3, -0.25) is 4.79 Å². The van der Waals surface area contributed by atoms with Gasteiger partial charge in [-0.25, -0.2) is 0 Å². The second-order valence-electron chi connectivity index (χ2n) is 5.33. The van der Waals surface area contributed by atoms with Crippen LogP contribution in [0, 0.1) is 0 Å². The van der Waals surface area contributed by atoms with Crippen molar-refractivity contribution in [1.29, 1.82) is 0 Å². The highest BCUT2D eigenvalue weighted by Gasteiger charge is 2.31. The van der Waals surface area contributed by atoms with Crippen LogP contribution >= 0.6 is 0 Å². The van der Waals surface area contributed by atoms with E-state index < -0.39 is 12.2 Å². The largest absolute Gasteiger partial charge is 0.485 e. The Balaban J connectivity index is 1.61. The summed E-state index contributed by atoms with van der Waals surface area (Å²) in [6, 6.07) is 7.13. The molecule has 1 aromatic rings. The summed E-state index contributed by atoms with van der Waals surface area (Å²) in [6.07, 6.45) is 2.51. The van der Waals surface area contributed by atoms with Crippen molar-refractivity contribution in [3.05, 3.63) is 24.3 Å². The highest BCUT2D eigenvalue weighted by molar-refractivity contribution is 5.82. The lowest BCUT2D eigenvalue weighted by atomic mass is 9.92. The SMILES string of the molecule is O=C(NC1CCCCC1O)C1COc2ccccc2O1. The standard InChI is InChI=1S/C15H19NO4/c17-11-6-2-1-5-10(11)16-15(18)14-9-19-12-7-3-4-8-13(12)20-14/h3-4,7-8,10-11,14,17H,1-2,5-6,9H2,(H,16,18). The Kier molecular flexibility index (Phi) is 3.78. The number of carbonyl (C=O) groups is 1. The third-order valence-electron chi connectivity index (χ3n) is 3.86. The van der Waals surface area contributed by atoms with E-state index in [2.05, 4.69) is 5.32 Å². The van der Waals surface area contributed by atoms with E-state index in [1.807, 2.05) is 18.2 Å². The van der Waals surface area contributed by atoms with Gasteiger partial charge >= 0.3 is 0 Å². The molecule has 0 saturated heterocycles. The van der Waals surface area contributed by atoms with Crippen molar-refractivity contribution in [3.63, 3.8) is 0 Å². The molecule has 1 fully saturated rings. The number of carbonyl (C=O) groups excluding carboxylic acids is 1. The highest BCUT2D eigenvalue weighted by Crippen LogP contribution is 2.31. The van der Waals surface area contributed by atoms with Crippen molar-refractivity contribution in [3.8, 4) is 11.5 Å². The maximum atomic E-state index is 12.2. The van der Waals surface area contributed by atoms with Crippen molar-refractivity contribution in [2.75, 3.05) is 6.61 Å². The average molecular weight is 277 g/mol. The molecule has 5 nitrogen and oxygen atoms in total. The molecule has 1 aliphatic heterocycles. The summed E-state index contributed by atoms with van der Waals surface area (Å²) < 4.78 is 11.2. The first-order valence-electron chi connectivity index (χ1n) is 7.11. The van der Waals surface area contributed by atoms with Crippen LogP contribution in [0.1, 0.15) is 25.7 Å². The van der Waals surface area contributed by atoms with E-state index in [4.69, 9.17) is 9.47 Å². The maximum absolute atomic E-state index is 12.2. The number of aliphatic hydroxyl groups excluding tert-OH is 1. The van der Waals surface area contributed by atoms with Gasteiger partial charge in [0.25, 0.3) is 5.91 Å². The number of para-hydroxylation sites is 2. The van der Waals surface area contributed by atoms with Gasteiger partial charge in [0.2, 0.25) is 6.10 Å². The van der Waals surface area contributed by atoms with Gasteiger partial charge in [-0.05, 0) is 25.0 Å². The zero-order valence-corrected chi connectivity index (χ0v) is 11.2. The summed E-state index contributed by atoms with van der Waals surface area (Å²) in [6.45, 7) is 0.200. The molecule has 2 N–H and O–H groups in total. The number of benzene rings is 1. The van der Waals surface area contributed by atoms with Crippen molar-refractivity contribution >= 4 is 5.91 Å². The number of amides is 1. The van der Waals surface area contributed by atoms with Gasteiger partial charge in [0, 0.05) is 0 Å². The molecule has 0 radical (unpaired) electrons. The van der Waals surface area contributed by atoms with E-state index in [0.29, 0.717) is 11.5 Å². The summed E-state index contributed by atoms with van der Waals surface area (Å²) in [5, 5.41) is 12.8. The molecule has 1 amide bonds. The van der Waals surface area contributed by atoms with E-state index in [-0.39, 0.29) is 18.6 Å². The van der Waals surface area contributed by atoms with E-state index in [1.165, 1.54) is 0 Å². The van der Waals surface area contributed by atoms with Gasteiger partial charge in [-0.1, -0.05) is 25.0 Å². The molecule has 1 heterocycles. The number of hydrogen-bond donors (Lipinski definition) is 2. The lowest BCUT2D eigenvalue weighted by Gasteiger charge is -2.31. The zero-order valence-electron chi connectivity index (χ0n) is 11.2. The number of nitrogens with one attached hydrogen (secondary N) is 1. The Hall–Kier alpha value is -1.75. The molecule has 0 aromatic heterocycles. The fraction of sp³-hybridized carbons (Fsp3) is 0.533. The molecular formula is C15H19NO4. The average Bonchev–Trinajstić information content (AvgIpc) is 2.49. The van der Waals surface area contributed by atoms with Gasteiger partial charge < -0.3 is 19.9 Å². The second kappa shape index (κ2) is 5.71. The number of ether oxygens (including phenoxy) is 2. The van der Waals surface area contributed by atoms with E-state index in [0.717, 1.165) is 25.7 Å². The zero-order chi connectivity index (χ0) is 13.9. The van der Waals surface area contributed by atoms with Crippen LogP contribution in [-0.2, 0) is 4.79 Å². The molecule has 3 unspecified atom stereocenters. The molecule has 5 heteroatoms. The summed E-state index contributed by atoms with van der Waals surface area (Å²) in [4.78, 5) is 12.2. The minimum Gasteiger partial charge on any atom is -0.485 e.